The fourth-order valence-corrected chi connectivity index (χ4v) is 3.86. The topological polar surface area (TPSA) is 129 Å². The number of carbonyl (C=O) groups excluding carboxylic acids is 1. The molecule has 9 heteroatoms. The minimum absolute atomic E-state index is 0.0829. The van der Waals surface area contributed by atoms with E-state index in [0.29, 0.717) is 43.6 Å². The number of azide groups is 1. The maximum absolute atomic E-state index is 13.4. The molecule has 4 rings (SSSR count). The minimum Gasteiger partial charge on any atom is -0.494 e. The number of nitrogens with one attached hydrogen (secondary N) is 1. The fourth-order valence-electron chi connectivity index (χ4n) is 3.86. The van der Waals surface area contributed by atoms with Gasteiger partial charge in [0.25, 0.3) is 5.91 Å². The molecule has 0 aromatic heterocycles. The van der Waals surface area contributed by atoms with Gasteiger partial charge in [0.2, 0.25) is 5.90 Å². The van der Waals surface area contributed by atoms with Gasteiger partial charge in [-0.25, -0.2) is 4.99 Å². The van der Waals surface area contributed by atoms with Crippen LogP contribution in [-0.2, 0) is 22.5 Å². The van der Waals surface area contributed by atoms with E-state index in [-0.39, 0.29) is 25.7 Å². The molecular formula is C25H29N5O4. The van der Waals surface area contributed by atoms with Crippen molar-refractivity contribution in [3.8, 4) is 5.75 Å². The summed E-state index contributed by atoms with van der Waals surface area (Å²) < 4.78 is 11.6. The van der Waals surface area contributed by atoms with Gasteiger partial charge in [-0.3, -0.25) is 4.79 Å². The summed E-state index contributed by atoms with van der Waals surface area (Å²) in [6, 6.07) is 15.0. The number of aliphatic imine (C=N–C) groups is 1. The van der Waals surface area contributed by atoms with Crippen LogP contribution < -0.4 is 10.1 Å². The number of hydrogen-bond acceptors (Lipinski definition) is 6. The highest BCUT2D eigenvalue weighted by Crippen LogP contribution is 2.31. The molecule has 178 valence electrons. The lowest BCUT2D eigenvalue weighted by Gasteiger charge is -2.24. The summed E-state index contributed by atoms with van der Waals surface area (Å²) in [5.74, 6) is 1.49. The molecule has 1 heterocycles. The van der Waals surface area contributed by atoms with Crippen LogP contribution in [0.3, 0.4) is 0 Å². The van der Waals surface area contributed by atoms with Gasteiger partial charge in [0.1, 0.15) is 12.4 Å². The third-order valence-electron chi connectivity index (χ3n) is 6.01. The monoisotopic (exact) mass is 463 g/mol. The maximum Gasteiger partial charge on any atom is 0.251 e. The van der Waals surface area contributed by atoms with Crippen molar-refractivity contribution >= 4 is 11.8 Å². The van der Waals surface area contributed by atoms with Crippen molar-refractivity contribution < 1.29 is 19.4 Å². The van der Waals surface area contributed by atoms with Crippen LogP contribution in [0, 0.1) is 5.92 Å². The zero-order chi connectivity index (χ0) is 23.8. The number of aliphatic hydroxyl groups is 1. The van der Waals surface area contributed by atoms with E-state index in [2.05, 4.69) is 15.3 Å². The molecule has 1 fully saturated rings. The van der Waals surface area contributed by atoms with Crippen LogP contribution in [0.25, 0.3) is 10.4 Å². The molecule has 0 bridgehead atoms. The van der Waals surface area contributed by atoms with E-state index in [9.17, 15) is 4.79 Å². The van der Waals surface area contributed by atoms with Gasteiger partial charge in [-0.15, -0.1) is 0 Å². The lowest BCUT2D eigenvalue weighted by Crippen LogP contribution is -2.49. The second-order valence-corrected chi connectivity index (χ2v) is 8.68. The van der Waals surface area contributed by atoms with Gasteiger partial charge in [-0.1, -0.05) is 29.4 Å². The SMILES string of the molecule is [N-]=[N+]=NCc1ccccc1C[C@]1(C(=O)NCC2CC2)COC(c2ccc(OCCCO)cc2)=N1. The highest BCUT2D eigenvalue weighted by Gasteiger charge is 2.45. The van der Waals surface area contributed by atoms with Crippen LogP contribution in [0.1, 0.15) is 36.0 Å². The number of ether oxygens (including phenoxy) is 2. The van der Waals surface area contributed by atoms with Crippen molar-refractivity contribution in [3.05, 3.63) is 75.7 Å². The number of benzene rings is 2. The predicted octanol–water partition coefficient (Wildman–Crippen LogP) is 3.54. The van der Waals surface area contributed by atoms with E-state index in [0.717, 1.165) is 29.5 Å². The molecule has 2 aromatic rings. The molecule has 0 radical (unpaired) electrons. The van der Waals surface area contributed by atoms with Crippen molar-refractivity contribution in [3.63, 3.8) is 0 Å². The van der Waals surface area contributed by atoms with Crippen molar-refractivity contribution in [1.29, 1.82) is 0 Å². The Morgan fingerprint density at radius 1 is 1.24 bits per heavy atom. The second-order valence-electron chi connectivity index (χ2n) is 8.68. The standard InChI is InChI=1S/C25H29N5O4/c26-30-28-16-21-5-2-1-4-20(21)14-25(24(32)27-15-18-6-7-18)17-34-23(29-25)19-8-10-22(11-9-19)33-13-3-12-31/h1-2,4-5,8-11,18,31H,3,6-7,12-17H2,(H,27,32)/t25-/m1/s1. The smallest absolute Gasteiger partial charge is 0.251 e. The fraction of sp³-hybridized carbons (Fsp3) is 0.440. The van der Waals surface area contributed by atoms with E-state index < -0.39 is 5.54 Å². The molecule has 2 aromatic carbocycles. The number of rotatable bonds is 12. The molecule has 1 saturated carbocycles. The van der Waals surface area contributed by atoms with Gasteiger partial charge in [0.05, 0.1) is 13.2 Å². The van der Waals surface area contributed by atoms with Crippen LogP contribution in [0.5, 0.6) is 5.75 Å². The van der Waals surface area contributed by atoms with Gasteiger partial charge >= 0.3 is 0 Å². The Kier molecular flexibility index (Phi) is 7.67. The summed E-state index contributed by atoms with van der Waals surface area (Å²) in [5, 5.41) is 15.7. The van der Waals surface area contributed by atoms with E-state index in [1.165, 1.54) is 0 Å². The van der Waals surface area contributed by atoms with Crippen molar-refractivity contribution in [2.75, 3.05) is 26.4 Å². The summed E-state index contributed by atoms with van der Waals surface area (Å²) in [7, 11) is 0. The van der Waals surface area contributed by atoms with Crippen LogP contribution in [0.4, 0.5) is 0 Å². The molecule has 0 saturated heterocycles. The van der Waals surface area contributed by atoms with E-state index in [1.54, 1.807) is 0 Å². The van der Waals surface area contributed by atoms with Gasteiger partial charge in [0.15, 0.2) is 5.54 Å². The molecule has 1 aliphatic carbocycles. The van der Waals surface area contributed by atoms with E-state index >= 15 is 0 Å². The number of aliphatic hydroxyl groups excluding tert-OH is 1. The number of hydrogen-bond donors (Lipinski definition) is 2. The molecule has 1 amide bonds. The molecular weight excluding hydrogens is 434 g/mol. The molecule has 2 aliphatic rings. The Morgan fingerprint density at radius 2 is 2.00 bits per heavy atom. The quantitative estimate of drug-likeness (QED) is 0.216. The van der Waals surface area contributed by atoms with E-state index in [1.807, 2.05) is 48.5 Å². The van der Waals surface area contributed by atoms with Crippen LogP contribution in [-0.4, -0.2) is 48.8 Å². The Morgan fingerprint density at radius 3 is 2.71 bits per heavy atom. The summed E-state index contributed by atoms with van der Waals surface area (Å²) in [6.07, 6.45) is 3.18. The molecule has 1 aliphatic heterocycles. The largest absolute Gasteiger partial charge is 0.494 e. The summed E-state index contributed by atoms with van der Waals surface area (Å²) >= 11 is 0. The van der Waals surface area contributed by atoms with Crippen LogP contribution in [0.2, 0.25) is 0 Å². The lowest BCUT2D eigenvalue weighted by atomic mass is 9.89. The van der Waals surface area contributed by atoms with Gasteiger partial charge in [-0.05, 0) is 59.7 Å². The predicted molar refractivity (Wildman–Crippen MR) is 128 cm³/mol. The van der Waals surface area contributed by atoms with Gasteiger partial charge in [-0.2, -0.15) is 0 Å². The van der Waals surface area contributed by atoms with Crippen LogP contribution in [0.15, 0.2) is 58.6 Å². The zero-order valence-corrected chi connectivity index (χ0v) is 19.0. The minimum atomic E-state index is -1.10. The Bertz CT molecular complexity index is 1080. The zero-order valence-electron chi connectivity index (χ0n) is 19.0. The summed E-state index contributed by atoms with van der Waals surface area (Å²) in [5.41, 5.74) is 10.2. The third kappa shape index (κ3) is 5.87. The first-order valence-corrected chi connectivity index (χ1v) is 11.6. The molecule has 0 spiro atoms. The Hall–Kier alpha value is -3.55. The highest BCUT2D eigenvalue weighted by molar-refractivity contribution is 6.00. The summed E-state index contributed by atoms with van der Waals surface area (Å²) in [4.78, 5) is 21.1. The number of nitrogens with zero attached hydrogens (tertiary/aromatic N) is 4. The Balaban J connectivity index is 1.58. The number of carbonyl (C=O) groups is 1. The second kappa shape index (κ2) is 11.0. The van der Waals surface area contributed by atoms with Crippen LogP contribution >= 0.6 is 0 Å². The number of amides is 1. The maximum atomic E-state index is 13.4. The lowest BCUT2D eigenvalue weighted by molar-refractivity contribution is -0.126. The highest BCUT2D eigenvalue weighted by atomic mass is 16.5. The Labute approximate surface area is 198 Å². The van der Waals surface area contributed by atoms with Crippen molar-refractivity contribution in [1.82, 2.24) is 5.32 Å². The van der Waals surface area contributed by atoms with E-state index in [4.69, 9.17) is 25.1 Å². The van der Waals surface area contributed by atoms with Crippen molar-refractivity contribution in [2.45, 2.75) is 37.8 Å². The molecule has 0 unspecified atom stereocenters. The average Bonchev–Trinajstić information content (AvgIpc) is 3.60. The first kappa shape index (κ1) is 23.6. The van der Waals surface area contributed by atoms with Crippen molar-refractivity contribution in [2.24, 2.45) is 16.0 Å². The normalized spacial score (nSPS) is 19.0. The summed E-state index contributed by atoms with van der Waals surface area (Å²) in [6.45, 7) is 1.50. The average molecular weight is 464 g/mol. The first-order chi connectivity index (χ1) is 16.6. The third-order valence-corrected chi connectivity index (χ3v) is 6.01. The first-order valence-electron chi connectivity index (χ1n) is 11.6. The van der Waals surface area contributed by atoms with Gasteiger partial charge in [0, 0.05) is 36.5 Å². The molecule has 1 atom stereocenters. The van der Waals surface area contributed by atoms with Gasteiger partial charge < -0.3 is 19.9 Å². The molecule has 9 nitrogen and oxygen atoms in total. The molecule has 34 heavy (non-hydrogen) atoms. The molecule has 2 N–H and O–H groups in total.